The Morgan fingerprint density at radius 2 is 1.77 bits per heavy atom. The van der Waals surface area contributed by atoms with Crippen LogP contribution in [-0.2, 0) is 14.4 Å². The van der Waals surface area contributed by atoms with Crippen LogP contribution in [0.3, 0.4) is 0 Å². The van der Waals surface area contributed by atoms with Gasteiger partial charge >= 0.3 is 11.8 Å². The summed E-state index contributed by atoms with van der Waals surface area (Å²) in [5.41, 5.74) is 5.40. The molecule has 1 fully saturated rings. The number of hydrogen-bond acceptors (Lipinski definition) is 3. The topological polar surface area (TPSA) is 87.3 Å². The van der Waals surface area contributed by atoms with Gasteiger partial charge in [0, 0.05) is 6.04 Å². The second-order valence-corrected chi connectivity index (χ2v) is 5.44. The minimum atomic E-state index is -0.844. The minimum absolute atomic E-state index is 0.103. The summed E-state index contributed by atoms with van der Waals surface area (Å²) in [7, 11) is 0. The van der Waals surface area contributed by atoms with Crippen LogP contribution in [0.25, 0.3) is 0 Å². The third kappa shape index (κ3) is 4.58. The van der Waals surface area contributed by atoms with Gasteiger partial charge in [0.25, 0.3) is 0 Å². The van der Waals surface area contributed by atoms with Gasteiger partial charge in [-0.3, -0.25) is 25.2 Å². The fourth-order valence-electron chi connectivity index (χ4n) is 2.16. The van der Waals surface area contributed by atoms with Crippen molar-refractivity contribution in [3.63, 3.8) is 0 Å². The lowest BCUT2D eigenvalue weighted by Gasteiger charge is -2.16. The Labute approximate surface area is 129 Å². The fourth-order valence-corrected chi connectivity index (χ4v) is 2.16. The van der Waals surface area contributed by atoms with Crippen molar-refractivity contribution in [1.29, 1.82) is 0 Å². The molecule has 0 aromatic heterocycles. The number of carbonyl (C=O) groups is 3. The molecule has 1 aliphatic carbocycles. The second-order valence-electron chi connectivity index (χ2n) is 5.44. The van der Waals surface area contributed by atoms with E-state index >= 15 is 0 Å². The summed E-state index contributed by atoms with van der Waals surface area (Å²) in [4.78, 5) is 35.3. The molecule has 1 atom stereocenters. The van der Waals surface area contributed by atoms with Crippen LogP contribution < -0.4 is 16.2 Å². The molecule has 3 amide bonds. The number of hydrogen-bond donors (Lipinski definition) is 3. The smallest absolute Gasteiger partial charge is 0.327 e. The zero-order valence-corrected chi connectivity index (χ0v) is 12.6. The second kappa shape index (κ2) is 7.59. The summed E-state index contributed by atoms with van der Waals surface area (Å²) in [6.45, 7) is 1.99. The van der Waals surface area contributed by atoms with Gasteiger partial charge in [-0.25, -0.2) is 0 Å². The fraction of sp³-hybridized carbons (Fsp3) is 0.438. The van der Waals surface area contributed by atoms with Gasteiger partial charge in [-0.05, 0) is 24.8 Å². The van der Waals surface area contributed by atoms with Crippen LogP contribution >= 0.6 is 0 Å². The van der Waals surface area contributed by atoms with E-state index in [1.165, 1.54) is 0 Å². The lowest BCUT2D eigenvalue weighted by atomic mass is 9.94. The minimum Gasteiger partial charge on any atom is -0.345 e. The van der Waals surface area contributed by atoms with Crippen LogP contribution in [0.4, 0.5) is 0 Å². The predicted octanol–water partition coefficient (Wildman–Crippen LogP) is 0.996. The zero-order chi connectivity index (χ0) is 15.9. The van der Waals surface area contributed by atoms with Gasteiger partial charge in [0.15, 0.2) is 0 Å². The van der Waals surface area contributed by atoms with E-state index in [4.69, 9.17) is 0 Å². The summed E-state index contributed by atoms with van der Waals surface area (Å²) in [6.07, 6.45) is 3.30. The molecule has 118 valence electrons. The van der Waals surface area contributed by atoms with Gasteiger partial charge in [0.2, 0.25) is 5.91 Å². The maximum absolute atomic E-state index is 12.2. The predicted molar refractivity (Wildman–Crippen MR) is 81.5 cm³/mol. The average Bonchev–Trinajstić information content (AvgIpc) is 3.34. The highest BCUT2D eigenvalue weighted by molar-refractivity contribution is 6.35. The Morgan fingerprint density at radius 1 is 1.09 bits per heavy atom. The third-order valence-corrected chi connectivity index (χ3v) is 3.51. The van der Waals surface area contributed by atoms with Crippen molar-refractivity contribution in [1.82, 2.24) is 16.2 Å². The molecule has 1 aliphatic rings. The molecule has 1 aromatic rings. The van der Waals surface area contributed by atoms with Crippen molar-refractivity contribution < 1.29 is 14.4 Å². The van der Waals surface area contributed by atoms with Crippen molar-refractivity contribution in [2.24, 2.45) is 0 Å². The van der Waals surface area contributed by atoms with Gasteiger partial charge in [-0.1, -0.05) is 43.7 Å². The van der Waals surface area contributed by atoms with Gasteiger partial charge in [-0.15, -0.1) is 0 Å². The Morgan fingerprint density at radius 3 is 2.36 bits per heavy atom. The molecule has 2 rings (SSSR count). The molecule has 3 N–H and O–H groups in total. The first-order valence-electron chi connectivity index (χ1n) is 7.57. The molecule has 6 heteroatoms. The van der Waals surface area contributed by atoms with Crippen molar-refractivity contribution in [3.8, 4) is 0 Å². The van der Waals surface area contributed by atoms with E-state index in [-0.39, 0.29) is 17.9 Å². The van der Waals surface area contributed by atoms with Crippen LogP contribution in [0.5, 0.6) is 0 Å². The van der Waals surface area contributed by atoms with Crippen LogP contribution in [0, 0.1) is 0 Å². The Hall–Kier alpha value is -2.37. The van der Waals surface area contributed by atoms with Gasteiger partial charge < -0.3 is 5.32 Å². The van der Waals surface area contributed by atoms with Crippen LogP contribution in [0.2, 0.25) is 0 Å². The van der Waals surface area contributed by atoms with Crippen LogP contribution in [0.1, 0.15) is 44.1 Å². The molecule has 0 aliphatic heterocycles. The lowest BCUT2D eigenvalue weighted by Crippen LogP contribution is -2.50. The van der Waals surface area contributed by atoms with E-state index in [1.807, 2.05) is 37.3 Å². The van der Waals surface area contributed by atoms with E-state index in [1.54, 1.807) is 0 Å². The molecule has 0 saturated heterocycles. The summed E-state index contributed by atoms with van der Waals surface area (Å²) in [5.74, 6) is -2.23. The highest BCUT2D eigenvalue weighted by atomic mass is 16.2. The molecule has 22 heavy (non-hydrogen) atoms. The lowest BCUT2D eigenvalue weighted by molar-refractivity contribution is -0.141. The average molecular weight is 303 g/mol. The first-order chi connectivity index (χ1) is 10.6. The van der Waals surface area contributed by atoms with E-state index < -0.39 is 11.8 Å². The van der Waals surface area contributed by atoms with Crippen LogP contribution in [0.15, 0.2) is 30.3 Å². The van der Waals surface area contributed by atoms with E-state index in [2.05, 4.69) is 16.2 Å². The van der Waals surface area contributed by atoms with Crippen LogP contribution in [-0.4, -0.2) is 23.8 Å². The Bertz CT molecular complexity index is 541. The SMILES string of the molecule is CCCC(C(=O)NNC(=O)C(=O)NC1CC1)c1ccccc1. The number of rotatable bonds is 5. The first kappa shape index (κ1) is 16.0. The van der Waals surface area contributed by atoms with Crippen molar-refractivity contribution in [2.75, 3.05) is 0 Å². The van der Waals surface area contributed by atoms with E-state index in [0.29, 0.717) is 6.42 Å². The summed E-state index contributed by atoms with van der Waals surface area (Å²) in [6, 6.07) is 9.48. The molecular weight excluding hydrogens is 282 g/mol. The molecule has 6 nitrogen and oxygen atoms in total. The summed E-state index contributed by atoms with van der Waals surface area (Å²) in [5, 5.41) is 2.56. The highest BCUT2D eigenvalue weighted by Gasteiger charge is 2.27. The zero-order valence-electron chi connectivity index (χ0n) is 12.6. The third-order valence-electron chi connectivity index (χ3n) is 3.51. The molecule has 0 spiro atoms. The molecule has 0 bridgehead atoms. The summed E-state index contributed by atoms with van der Waals surface area (Å²) >= 11 is 0. The van der Waals surface area contributed by atoms with Gasteiger partial charge in [-0.2, -0.15) is 0 Å². The van der Waals surface area contributed by atoms with Crippen molar-refractivity contribution in [2.45, 2.75) is 44.6 Å². The number of amides is 3. The number of nitrogens with one attached hydrogen (secondary N) is 3. The molecule has 1 aromatic carbocycles. The molecular formula is C16H21N3O3. The number of benzene rings is 1. The van der Waals surface area contributed by atoms with Crippen molar-refractivity contribution in [3.05, 3.63) is 35.9 Å². The maximum atomic E-state index is 12.2. The Balaban J connectivity index is 1.88. The molecule has 0 heterocycles. The monoisotopic (exact) mass is 303 g/mol. The Kier molecular flexibility index (Phi) is 5.52. The largest absolute Gasteiger partial charge is 0.345 e. The van der Waals surface area contributed by atoms with Gasteiger partial charge in [0.05, 0.1) is 5.92 Å². The first-order valence-corrected chi connectivity index (χ1v) is 7.57. The summed E-state index contributed by atoms with van der Waals surface area (Å²) < 4.78 is 0. The van der Waals surface area contributed by atoms with Gasteiger partial charge in [0.1, 0.15) is 0 Å². The molecule has 1 saturated carbocycles. The highest BCUT2D eigenvalue weighted by Crippen LogP contribution is 2.21. The quantitative estimate of drug-likeness (QED) is 0.560. The standard InChI is InChI=1S/C16H21N3O3/c1-2-6-13(11-7-4-3-5-8-11)14(20)18-19-16(22)15(21)17-12-9-10-12/h3-5,7-8,12-13H,2,6,9-10H2,1H3,(H,17,21)(H,18,20)(H,19,22). The molecule has 0 radical (unpaired) electrons. The normalized spacial score (nSPS) is 14.8. The van der Waals surface area contributed by atoms with Crippen molar-refractivity contribution >= 4 is 17.7 Å². The molecule has 1 unspecified atom stereocenters. The van der Waals surface area contributed by atoms with E-state index in [0.717, 1.165) is 24.8 Å². The van der Waals surface area contributed by atoms with E-state index in [9.17, 15) is 14.4 Å². The number of hydrazine groups is 1. The number of carbonyl (C=O) groups excluding carboxylic acids is 3. The maximum Gasteiger partial charge on any atom is 0.327 e.